The van der Waals surface area contributed by atoms with Gasteiger partial charge in [-0.2, -0.15) is 0 Å². The fraction of sp³-hybridized carbons (Fsp3) is 0.435. The van der Waals surface area contributed by atoms with E-state index in [-0.39, 0.29) is 29.6 Å². The zero-order chi connectivity index (χ0) is 19.1. The number of ether oxygens (including phenoxy) is 2. The van der Waals surface area contributed by atoms with Gasteiger partial charge < -0.3 is 14.4 Å². The van der Waals surface area contributed by atoms with E-state index in [0.717, 1.165) is 23.8 Å². The summed E-state index contributed by atoms with van der Waals surface area (Å²) < 4.78 is 25.3. The van der Waals surface area contributed by atoms with E-state index in [1.807, 2.05) is 29.2 Å². The number of benzene rings is 2. The fourth-order valence-corrected chi connectivity index (χ4v) is 4.47. The van der Waals surface area contributed by atoms with Crippen LogP contribution in [0.5, 0.6) is 5.75 Å². The molecule has 2 aromatic carbocycles. The molecule has 1 saturated heterocycles. The van der Waals surface area contributed by atoms with Crippen LogP contribution in [0.2, 0.25) is 0 Å². The van der Waals surface area contributed by atoms with Crippen LogP contribution in [0.25, 0.3) is 0 Å². The Balaban J connectivity index is 1.43. The molecule has 2 aliphatic heterocycles. The van der Waals surface area contributed by atoms with E-state index in [4.69, 9.17) is 9.47 Å². The Bertz CT molecular complexity index is 864. The third-order valence-corrected chi connectivity index (χ3v) is 6.18. The highest BCUT2D eigenvalue weighted by Gasteiger charge is 2.48. The maximum absolute atomic E-state index is 13.3. The Morgan fingerprint density at radius 2 is 1.89 bits per heavy atom. The van der Waals surface area contributed by atoms with Crippen LogP contribution >= 0.6 is 0 Å². The van der Waals surface area contributed by atoms with Crippen LogP contribution in [0.3, 0.4) is 0 Å². The van der Waals surface area contributed by atoms with Crippen molar-refractivity contribution in [1.82, 2.24) is 4.90 Å². The number of halogens is 1. The maximum atomic E-state index is 13.3. The highest BCUT2D eigenvalue weighted by atomic mass is 19.1. The normalized spacial score (nSPS) is 25.8. The first-order chi connectivity index (χ1) is 13.7. The molecule has 2 fully saturated rings. The van der Waals surface area contributed by atoms with E-state index >= 15 is 0 Å². The van der Waals surface area contributed by atoms with Crippen molar-refractivity contribution in [2.75, 3.05) is 26.4 Å². The van der Waals surface area contributed by atoms with Crippen LogP contribution in [0.1, 0.15) is 34.8 Å². The second-order valence-electron chi connectivity index (χ2n) is 8.16. The number of likely N-dealkylation sites (tertiary alicyclic amines) is 1. The van der Waals surface area contributed by atoms with Gasteiger partial charge in [0.05, 0.1) is 19.3 Å². The quantitative estimate of drug-likeness (QED) is 0.784. The molecule has 0 radical (unpaired) electrons. The number of fused-ring (bicyclic) bond motifs is 3. The lowest BCUT2D eigenvalue weighted by Gasteiger charge is -2.34. The Morgan fingerprint density at radius 1 is 1.11 bits per heavy atom. The van der Waals surface area contributed by atoms with Gasteiger partial charge in [0.1, 0.15) is 11.6 Å². The summed E-state index contributed by atoms with van der Waals surface area (Å²) in [6, 6.07) is 13.7. The summed E-state index contributed by atoms with van der Waals surface area (Å²) in [5.41, 5.74) is 1.57. The maximum Gasteiger partial charge on any atom is 0.254 e. The third kappa shape index (κ3) is 3.28. The number of para-hydroxylation sites is 1. The van der Waals surface area contributed by atoms with Crippen LogP contribution in [0, 0.1) is 23.6 Å². The van der Waals surface area contributed by atoms with E-state index in [0.29, 0.717) is 25.3 Å². The van der Waals surface area contributed by atoms with Gasteiger partial charge in [-0.15, -0.1) is 0 Å². The lowest BCUT2D eigenvalue weighted by molar-refractivity contribution is 0.0623. The number of carbonyl (C=O) groups is 1. The van der Waals surface area contributed by atoms with Gasteiger partial charge in [0.2, 0.25) is 0 Å². The Kier molecular flexibility index (Phi) is 4.55. The number of amides is 1. The molecule has 5 heteroatoms. The summed E-state index contributed by atoms with van der Waals surface area (Å²) in [5, 5.41) is 0. The molecular weight excluding hydrogens is 357 g/mol. The molecule has 0 bridgehead atoms. The van der Waals surface area contributed by atoms with E-state index in [1.54, 1.807) is 12.1 Å². The Morgan fingerprint density at radius 3 is 2.68 bits per heavy atom. The molecule has 0 N–H and O–H groups in total. The largest absolute Gasteiger partial charge is 0.493 e. The van der Waals surface area contributed by atoms with Crippen molar-refractivity contribution in [2.24, 2.45) is 17.8 Å². The van der Waals surface area contributed by atoms with Crippen molar-refractivity contribution >= 4 is 5.91 Å². The molecule has 1 amide bonds. The first kappa shape index (κ1) is 17.7. The molecule has 3 aliphatic rings. The highest BCUT2D eigenvalue weighted by Crippen LogP contribution is 2.48. The number of nitrogens with zero attached hydrogens (tertiary/aromatic N) is 1. The van der Waals surface area contributed by atoms with Crippen molar-refractivity contribution in [2.45, 2.75) is 18.9 Å². The van der Waals surface area contributed by atoms with Gasteiger partial charge in [-0.05, 0) is 49.1 Å². The molecular formula is C23H24FNO3. The van der Waals surface area contributed by atoms with E-state index in [2.05, 4.69) is 0 Å². The lowest BCUT2D eigenvalue weighted by atomic mass is 9.85. The molecule has 4 nitrogen and oxygen atoms in total. The molecule has 146 valence electrons. The average molecular weight is 381 g/mol. The molecule has 2 heterocycles. The lowest BCUT2D eigenvalue weighted by Crippen LogP contribution is -2.35. The summed E-state index contributed by atoms with van der Waals surface area (Å²) in [6.45, 7) is 2.69. The van der Waals surface area contributed by atoms with E-state index < -0.39 is 0 Å². The smallest absolute Gasteiger partial charge is 0.254 e. The molecule has 0 unspecified atom stereocenters. The number of hydrogen-bond donors (Lipinski definition) is 0. The minimum absolute atomic E-state index is 0.0305. The van der Waals surface area contributed by atoms with Crippen LogP contribution in [0.15, 0.2) is 48.5 Å². The van der Waals surface area contributed by atoms with Crippen molar-refractivity contribution in [1.29, 1.82) is 0 Å². The number of carbonyl (C=O) groups excluding carboxylic acids is 1. The fourth-order valence-electron chi connectivity index (χ4n) is 4.47. The Labute approximate surface area is 164 Å². The first-order valence-corrected chi connectivity index (χ1v) is 10.1. The van der Waals surface area contributed by atoms with Crippen molar-refractivity contribution in [3.63, 3.8) is 0 Å². The predicted octanol–water partition coefficient (Wildman–Crippen LogP) is 4.07. The molecule has 1 aliphatic carbocycles. The summed E-state index contributed by atoms with van der Waals surface area (Å²) in [4.78, 5) is 15.2. The minimum Gasteiger partial charge on any atom is -0.493 e. The first-order valence-electron chi connectivity index (χ1n) is 10.1. The number of hydrogen-bond acceptors (Lipinski definition) is 3. The summed E-state index contributed by atoms with van der Waals surface area (Å²) >= 11 is 0. The van der Waals surface area contributed by atoms with Crippen LogP contribution < -0.4 is 4.74 Å². The van der Waals surface area contributed by atoms with Gasteiger partial charge in [-0.25, -0.2) is 4.39 Å². The standard InChI is InChI=1S/C23H24FNO3/c24-18-9-7-16(8-10-18)23(26)25-11-17(13-27-12-15-5-6-15)20-14-28-21-4-2-1-3-19(21)22(20)25/h1-4,7-10,15,17,20,22H,5-6,11-14H2/t17-,20-,22-/m0/s1. The van der Waals surface area contributed by atoms with Gasteiger partial charge in [-0.1, -0.05) is 18.2 Å². The average Bonchev–Trinajstić information content (AvgIpc) is 3.47. The van der Waals surface area contributed by atoms with Gasteiger partial charge >= 0.3 is 0 Å². The van der Waals surface area contributed by atoms with Crippen LogP contribution in [-0.2, 0) is 4.74 Å². The number of rotatable bonds is 5. The molecule has 5 rings (SSSR count). The van der Waals surface area contributed by atoms with Crippen molar-refractivity contribution in [3.8, 4) is 5.75 Å². The van der Waals surface area contributed by atoms with E-state index in [1.165, 1.54) is 25.0 Å². The monoisotopic (exact) mass is 381 g/mol. The van der Waals surface area contributed by atoms with Gasteiger partial charge in [0.15, 0.2) is 0 Å². The van der Waals surface area contributed by atoms with Crippen LogP contribution in [0.4, 0.5) is 4.39 Å². The minimum atomic E-state index is -0.335. The second kappa shape index (κ2) is 7.21. The second-order valence-corrected chi connectivity index (χ2v) is 8.16. The summed E-state index contributed by atoms with van der Waals surface area (Å²) in [6.07, 6.45) is 2.53. The predicted molar refractivity (Wildman–Crippen MR) is 103 cm³/mol. The zero-order valence-electron chi connectivity index (χ0n) is 15.7. The zero-order valence-corrected chi connectivity index (χ0v) is 15.7. The van der Waals surface area contributed by atoms with Gasteiger partial charge in [-0.3, -0.25) is 4.79 Å². The SMILES string of the molecule is O=C(c1ccc(F)cc1)N1C[C@@H](COCC2CC2)[C@@H]2COc3ccccc3[C@@H]21. The van der Waals surface area contributed by atoms with Crippen LogP contribution in [-0.4, -0.2) is 37.2 Å². The molecule has 2 aromatic rings. The summed E-state index contributed by atoms with van der Waals surface area (Å²) in [7, 11) is 0. The van der Waals surface area contributed by atoms with Gasteiger partial charge in [0, 0.05) is 36.1 Å². The van der Waals surface area contributed by atoms with E-state index in [9.17, 15) is 9.18 Å². The third-order valence-electron chi connectivity index (χ3n) is 6.18. The molecule has 3 atom stereocenters. The molecule has 0 aromatic heterocycles. The topological polar surface area (TPSA) is 38.8 Å². The Hall–Kier alpha value is -2.40. The molecule has 0 spiro atoms. The van der Waals surface area contributed by atoms with Crippen molar-refractivity contribution < 1.29 is 18.7 Å². The molecule has 1 saturated carbocycles. The summed E-state index contributed by atoms with van der Waals surface area (Å²) in [5.74, 6) is 1.62. The van der Waals surface area contributed by atoms with Gasteiger partial charge in [0.25, 0.3) is 5.91 Å². The molecule has 28 heavy (non-hydrogen) atoms. The van der Waals surface area contributed by atoms with Crippen molar-refractivity contribution in [3.05, 3.63) is 65.5 Å². The highest BCUT2D eigenvalue weighted by molar-refractivity contribution is 5.94.